The molecule has 1 aromatic heterocycles. The average Bonchev–Trinajstić information content (AvgIpc) is 2.91. The highest BCUT2D eigenvalue weighted by molar-refractivity contribution is 5.89. The highest BCUT2D eigenvalue weighted by atomic mass is 16.4. The zero-order chi connectivity index (χ0) is 14.9. The number of aryl methyl sites for hydroxylation is 1. The van der Waals surface area contributed by atoms with Crippen LogP contribution in [0.25, 0.3) is 0 Å². The largest absolute Gasteiger partial charge is 0.424 e. The SMILES string of the molecule is Cc1nnc(CNC(=O)[C@H]2CC(=O)N(C(C)(C)C)C2)o1. The van der Waals surface area contributed by atoms with E-state index in [2.05, 4.69) is 15.5 Å². The topological polar surface area (TPSA) is 88.3 Å². The van der Waals surface area contributed by atoms with Crippen LogP contribution in [0.15, 0.2) is 4.42 Å². The Morgan fingerprint density at radius 3 is 2.65 bits per heavy atom. The minimum Gasteiger partial charge on any atom is -0.424 e. The molecule has 2 amide bonds. The Bertz CT molecular complexity index is 518. The predicted octanol–water partition coefficient (Wildman–Crippen LogP) is 0.641. The van der Waals surface area contributed by atoms with E-state index in [1.165, 1.54) is 0 Å². The van der Waals surface area contributed by atoms with Crippen molar-refractivity contribution in [2.24, 2.45) is 5.92 Å². The number of aromatic nitrogens is 2. The van der Waals surface area contributed by atoms with E-state index < -0.39 is 0 Å². The second-order valence-corrected chi connectivity index (χ2v) is 6.01. The highest BCUT2D eigenvalue weighted by Crippen LogP contribution is 2.25. The lowest BCUT2D eigenvalue weighted by Gasteiger charge is -2.31. The van der Waals surface area contributed by atoms with Gasteiger partial charge >= 0.3 is 0 Å². The molecule has 1 aliphatic rings. The van der Waals surface area contributed by atoms with Crippen LogP contribution in [0.4, 0.5) is 0 Å². The zero-order valence-corrected chi connectivity index (χ0v) is 12.3. The van der Waals surface area contributed by atoms with Crippen molar-refractivity contribution in [3.8, 4) is 0 Å². The van der Waals surface area contributed by atoms with Gasteiger partial charge in [-0.05, 0) is 20.8 Å². The van der Waals surface area contributed by atoms with E-state index in [1.54, 1.807) is 11.8 Å². The predicted molar refractivity (Wildman–Crippen MR) is 70.5 cm³/mol. The normalized spacial score (nSPS) is 19.5. The Hall–Kier alpha value is -1.92. The van der Waals surface area contributed by atoms with Gasteiger partial charge in [0.15, 0.2) is 0 Å². The Morgan fingerprint density at radius 2 is 2.15 bits per heavy atom. The Labute approximate surface area is 117 Å². The molecule has 20 heavy (non-hydrogen) atoms. The van der Waals surface area contributed by atoms with Crippen molar-refractivity contribution in [3.63, 3.8) is 0 Å². The monoisotopic (exact) mass is 280 g/mol. The van der Waals surface area contributed by atoms with E-state index in [0.717, 1.165) is 0 Å². The lowest BCUT2D eigenvalue weighted by molar-refractivity contribution is -0.132. The fraction of sp³-hybridized carbons (Fsp3) is 0.692. The molecule has 1 atom stereocenters. The lowest BCUT2D eigenvalue weighted by Crippen LogP contribution is -2.43. The molecular formula is C13H20N4O3. The molecule has 110 valence electrons. The fourth-order valence-corrected chi connectivity index (χ4v) is 2.25. The van der Waals surface area contributed by atoms with Crippen molar-refractivity contribution >= 4 is 11.8 Å². The summed E-state index contributed by atoms with van der Waals surface area (Å²) in [4.78, 5) is 25.7. The molecule has 0 spiro atoms. The summed E-state index contributed by atoms with van der Waals surface area (Å²) < 4.78 is 5.18. The molecule has 0 bridgehead atoms. The summed E-state index contributed by atoms with van der Waals surface area (Å²) in [6, 6.07) is 0. The number of rotatable bonds is 3. The van der Waals surface area contributed by atoms with Gasteiger partial charge in [0.05, 0.1) is 12.5 Å². The summed E-state index contributed by atoms with van der Waals surface area (Å²) in [5.41, 5.74) is -0.254. The molecule has 0 radical (unpaired) electrons. The van der Waals surface area contributed by atoms with Gasteiger partial charge in [-0.3, -0.25) is 9.59 Å². The number of carbonyl (C=O) groups is 2. The first-order valence-electron chi connectivity index (χ1n) is 6.64. The number of hydrogen-bond donors (Lipinski definition) is 1. The maximum absolute atomic E-state index is 12.1. The van der Waals surface area contributed by atoms with Crippen LogP contribution in [-0.2, 0) is 16.1 Å². The van der Waals surface area contributed by atoms with E-state index >= 15 is 0 Å². The summed E-state index contributed by atoms with van der Waals surface area (Å²) in [6.07, 6.45) is 0.256. The van der Waals surface area contributed by atoms with Gasteiger partial charge in [0.2, 0.25) is 23.6 Å². The van der Waals surface area contributed by atoms with Crippen LogP contribution in [0.3, 0.4) is 0 Å². The highest BCUT2D eigenvalue weighted by Gasteiger charge is 2.39. The van der Waals surface area contributed by atoms with Gasteiger partial charge in [-0.2, -0.15) is 0 Å². The molecule has 2 rings (SSSR count). The van der Waals surface area contributed by atoms with Crippen LogP contribution in [0.2, 0.25) is 0 Å². The van der Waals surface area contributed by atoms with Crippen LogP contribution in [0, 0.1) is 12.8 Å². The number of nitrogens with zero attached hydrogens (tertiary/aromatic N) is 3. The molecule has 0 unspecified atom stereocenters. The zero-order valence-electron chi connectivity index (χ0n) is 12.3. The molecule has 1 aromatic rings. The quantitative estimate of drug-likeness (QED) is 0.877. The molecule has 0 saturated carbocycles. The first-order valence-corrected chi connectivity index (χ1v) is 6.64. The molecule has 0 aromatic carbocycles. The molecule has 2 heterocycles. The summed E-state index contributed by atoms with van der Waals surface area (Å²) >= 11 is 0. The van der Waals surface area contributed by atoms with Gasteiger partial charge in [0.25, 0.3) is 0 Å². The third-order valence-corrected chi connectivity index (χ3v) is 3.29. The molecule has 0 aliphatic carbocycles. The van der Waals surface area contributed by atoms with Gasteiger partial charge < -0.3 is 14.6 Å². The van der Waals surface area contributed by atoms with Crippen molar-refractivity contribution in [2.75, 3.05) is 6.54 Å². The van der Waals surface area contributed by atoms with Crippen molar-refractivity contribution in [1.29, 1.82) is 0 Å². The summed E-state index contributed by atoms with van der Waals surface area (Å²) in [6.45, 7) is 8.23. The van der Waals surface area contributed by atoms with E-state index in [0.29, 0.717) is 18.3 Å². The van der Waals surface area contributed by atoms with E-state index in [1.807, 2.05) is 20.8 Å². The molecular weight excluding hydrogens is 260 g/mol. The van der Waals surface area contributed by atoms with Gasteiger partial charge in [-0.15, -0.1) is 10.2 Å². The Morgan fingerprint density at radius 1 is 1.45 bits per heavy atom. The third kappa shape index (κ3) is 3.15. The van der Waals surface area contributed by atoms with Crippen LogP contribution < -0.4 is 5.32 Å². The van der Waals surface area contributed by atoms with Gasteiger partial charge in [-0.25, -0.2) is 0 Å². The molecule has 1 fully saturated rings. The van der Waals surface area contributed by atoms with Crippen LogP contribution in [0.1, 0.15) is 39.0 Å². The molecule has 1 N–H and O–H groups in total. The first-order chi connectivity index (χ1) is 9.27. The summed E-state index contributed by atoms with van der Waals surface area (Å²) in [7, 11) is 0. The maximum Gasteiger partial charge on any atom is 0.235 e. The number of nitrogens with one attached hydrogen (secondary N) is 1. The minimum atomic E-state index is -0.314. The molecule has 7 nitrogen and oxygen atoms in total. The number of hydrogen-bond acceptors (Lipinski definition) is 5. The van der Waals surface area contributed by atoms with E-state index in [-0.39, 0.29) is 36.2 Å². The van der Waals surface area contributed by atoms with Crippen LogP contribution in [0.5, 0.6) is 0 Å². The van der Waals surface area contributed by atoms with Crippen molar-refractivity contribution in [3.05, 3.63) is 11.8 Å². The van der Waals surface area contributed by atoms with Crippen molar-refractivity contribution in [1.82, 2.24) is 20.4 Å². The first kappa shape index (κ1) is 14.5. The molecule has 7 heteroatoms. The minimum absolute atomic E-state index is 0.0197. The van der Waals surface area contributed by atoms with E-state index in [4.69, 9.17) is 4.42 Å². The Balaban J connectivity index is 1.89. The second kappa shape index (κ2) is 5.22. The van der Waals surface area contributed by atoms with E-state index in [9.17, 15) is 9.59 Å². The van der Waals surface area contributed by atoms with Gasteiger partial charge in [0.1, 0.15) is 0 Å². The van der Waals surface area contributed by atoms with Crippen molar-refractivity contribution in [2.45, 2.75) is 46.2 Å². The summed E-state index contributed by atoms with van der Waals surface area (Å²) in [5, 5.41) is 10.2. The standard InChI is InChI=1S/C13H20N4O3/c1-8-15-16-10(20-8)6-14-12(19)9-5-11(18)17(7-9)13(2,3)4/h9H,5-7H2,1-4H3,(H,14,19)/t9-/m0/s1. The van der Waals surface area contributed by atoms with Gasteiger partial charge in [-0.1, -0.05) is 0 Å². The lowest BCUT2D eigenvalue weighted by atomic mass is 10.1. The molecule has 1 saturated heterocycles. The van der Waals surface area contributed by atoms with Crippen LogP contribution >= 0.6 is 0 Å². The number of amides is 2. The third-order valence-electron chi connectivity index (χ3n) is 3.29. The summed E-state index contributed by atoms with van der Waals surface area (Å²) in [5.74, 6) is 0.384. The molecule has 1 aliphatic heterocycles. The Kier molecular flexibility index (Phi) is 3.78. The smallest absolute Gasteiger partial charge is 0.235 e. The van der Waals surface area contributed by atoms with Crippen molar-refractivity contribution < 1.29 is 14.0 Å². The number of carbonyl (C=O) groups excluding carboxylic acids is 2. The average molecular weight is 280 g/mol. The number of likely N-dealkylation sites (tertiary alicyclic amines) is 1. The second-order valence-electron chi connectivity index (χ2n) is 6.01. The fourth-order valence-electron chi connectivity index (χ4n) is 2.25. The van der Waals surface area contributed by atoms with Crippen LogP contribution in [-0.4, -0.2) is 39.0 Å². The van der Waals surface area contributed by atoms with Gasteiger partial charge in [0, 0.05) is 25.4 Å². The maximum atomic E-state index is 12.1.